The van der Waals surface area contributed by atoms with E-state index in [1.807, 2.05) is 0 Å². The molecule has 1 aromatic carbocycles. The first-order chi connectivity index (χ1) is 6.18. The zero-order valence-corrected chi connectivity index (χ0v) is 8.37. The molecule has 2 rings (SSSR count). The highest BCUT2D eigenvalue weighted by Crippen LogP contribution is 2.30. The summed E-state index contributed by atoms with van der Waals surface area (Å²) in [4.78, 5) is 0. The molecule has 0 spiro atoms. The molecule has 0 bridgehead atoms. The van der Waals surface area contributed by atoms with Gasteiger partial charge in [-0.3, -0.25) is 0 Å². The van der Waals surface area contributed by atoms with Gasteiger partial charge in [0.25, 0.3) is 0 Å². The van der Waals surface area contributed by atoms with Crippen molar-refractivity contribution in [1.29, 1.82) is 0 Å². The second-order valence-corrected chi connectivity index (χ2v) is 3.94. The normalized spacial score (nSPS) is 21.3. The summed E-state index contributed by atoms with van der Waals surface area (Å²) in [5.74, 6) is -1.60. The fourth-order valence-electron chi connectivity index (χ4n) is 1.36. The first kappa shape index (κ1) is 9.09. The molecule has 1 aromatic rings. The van der Waals surface area contributed by atoms with Gasteiger partial charge in [-0.15, -0.1) is 0 Å². The van der Waals surface area contributed by atoms with E-state index < -0.39 is 11.6 Å². The Kier molecular flexibility index (Phi) is 2.34. The standard InChI is InChI=1S/C9H8BrF2N/c10-6-4-8(12)7(11)3-5(6)9-1-2-13-9/h3-4,9,13H,1-2H2/t9-/m1/s1. The summed E-state index contributed by atoms with van der Waals surface area (Å²) in [7, 11) is 0. The molecule has 0 amide bonds. The smallest absolute Gasteiger partial charge is 0.159 e. The monoisotopic (exact) mass is 247 g/mol. The van der Waals surface area contributed by atoms with E-state index in [0.717, 1.165) is 18.5 Å². The van der Waals surface area contributed by atoms with Gasteiger partial charge in [0, 0.05) is 10.5 Å². The predicted molar refractivity (Wildman–Crippen MR) is 49.4 cm³/mol. The molecule has 0 saturated carbocycles. The fourth-order valence-corrected chi connectivity index (χ4v) is 1.95. The molecule has 0 radical (unpaired) electrons. The van der Waals surface area contributed by atoms with Crippen LogP contribution in [0.4, 0.5) is 8.78 Å². The Balaban J connectivity index is 2.39. The van der Waals surface area contributed by atoms with Crippen molar-refractivity contribution >= 4 is 15.9 Å². The average molecular weight is 248 g/mol. The molecule has 0 aromatic heterocycles. The van der Waals surface area contributed by atoms with E-state index in [-0.39, 0.29) is 6.04 Å². The van der Waals surface area contributed by atoms with Gasteiger partial charge >= 0.3 is 0 Å². The first-order valence-corrected chi connectivity index (χ1v) is 4.85. The Morgan fingerprint density at radius 1 is 1.31 bits per heavy atom. The maximum atomic E-state index is 12.9. The lowest BCUT2D eigenvalue weighted by molar-refractivity contribution is 0.379. The van der Waals surface area contributed by atoms with Crippen LogP contribution in [0.3, 0.4) is 0 Å². The zero-order chi connectivity index (χ0) is 9.42. The van der Waals surface area contributed by atoms with Crippen LogP contribution in [0.15, 0.2) is 16.6 Å². The largest absolute Gasteiger partial charge is 0.310 e. The average Bonchev–Trinajstić information content (AvgIpc) is 1.96. The second kappa shape index (κ2) is 3.35. The van der Waals surface area contributed by atoms with Crippen LogP contribution in [0.1, 0.15) is 18.0 Å². The summed E-state index contributed by atoms with van der Waals surface area (Å²) in [5.41, 5.74) is 0.796. The molecule has 1 aliphatic rings. The summed E-state index contributed by atoms with van der Waals surface area (Å²) in [6, 6.07) is 2.59. The minimum absolute atomic E-state index is 0.171. The quantitative estimate of drug-likeness (QED) is 0.753. The fraction of sp³-hybridized carbons (Fsp3) is 0.333. The topological polar surface area (TPSA) is 12.0 Å². The third kappa shape index (κ3) is 1.60. The van der Waals surface area contributed by atoms with E-state index in [1.54, 1.807) is 0 Å². The summed E-state index contributed by atoms with van der Waals surface area (Å²) in [6.45, 7) is 0.941. The van der Waals surface area contributed by atoms with E-state index in [4.69, 9.17) is 0 Å². The Morgan fingerprint density at radius 3 is 2.46 bits per heavy atom. The lowest BCUT2D eigenvalue weighted by Crippen LogP contribution is -2.35. The Hall–Kier alpha value is -0.480. The van der Waals surface area contributed by atoms with Crippen molar-refractivity contribution in [3.05, 3.63) is 33.8 Å². The van der Waals surface area contributed by atoms with Crippen molar-refractivity contribution in [3.8, 4) is 0 Å². The second-order valence-electron chi connectivity index (χ2n) is 3.08. The minimum atomic E-state index is -0.810. The molecular formula is C9H8BrF2N. The predicted octanol–water partition coefficient (Wildman–Crippen LogP) is 2.76. The van der Waals surface area contributed by atoms with E-state index in [2.05, 4.69) is 21.2 Å². The van der Waals surface area contributed by atoms with Crippen molar-refractivity contribution in [1.82, 2.24) is 5.32 Å². The van der Waals surface area contributed by atoms with Gasteiger partial charge < -0.3 is 5.32 Å². The molecule has 1 heterocycles. The molecule has 70 valence electrons. The maximum Gasteiger partial charge on any atom is 0.159 e. The van der Waals surface area contributed by atoms with E-state index in [9.17, 15) is 8.78 Å². The lowest BCUT2D eigenvalue weighted by Gasteiger charge is -2.28. The van der Waals surface area contributed by atoms with Crippen molar-refractivity contribution < 1.29 is 8.78 Å². The molecule has 1 fully saturated rings. The molecule has 4 heteroatoms. The van der Waals surface area contributed by atoms with Gasteiger partial charge in [0.2, 0.25) is 0 Å². The summed E-state index contributed by atoms with van der Waals surface area (Å²) in [6.07, 6.45) is 0.976. The summed E-state index contributed by atoms with van der Waals surface area (Å²) in [5, 5.41) is 3.13. The highest BCUT2D eigenvalue weighted by molar-refractivity contribution is 9.10. The molecule has 0 aliphatic carbocycles. The van der Waals surface area contributed by atoms with Gasteiger partial charge in [-0.1, -0.05) is 15.9 Å². The highest BCUT2D eigenvalue weighted by Gasteiger charge is 2.22. The van der Waals surface area contributed by atoms with Crippen LogP contribution in [-0.2, 0) is 0 Å². The van der Waals surface area contributed by atoms with Gasteiger partial charge in [-0.2, -0.15) is 0 Å². The van der Waals surface area contributed by atoms with E-state index in [1.165, 1.54) is 12.1 Å². The number of rotatable bonds is 1. The van der Waals surface area contributed by atoms with Gasteiger partial charge in [-0.25, -0.2) is 8.78 Å². The molecule has 1 saturated heterocycles. The first-order valence-electron chi connectivity index (χ1n) is 4.06. The van der Waals surface area contributed by atoms with Crippen LogP contribution < -0.4 is 5.32 Å². The Bertz CT molecular complexity index is 337. The van der Waals surface area contributed by atoms with Crippen molar-refractivity contribution in [2.75, 3.05) is 6.54 Å². The van der Waals surface area contributed by atoms with Crippen LogP contribution in [0, 0.1) is 11.6 Å². The van der Waals surface area contributed by atoms with Gasteiger partial charge in [0.15, 0.2) is 11.6 Å². The number of benzene rings is 1. The van der Waals surface area contributed by atoms with Crippen LogP contribution in [0.5, 0.6) is 0 Å². The Morgan fingerprint density at radius 2 is 1.92 bits per heavy atom. The van der Waals surface area contributed by atoms with Crippen LogP contribution >= 0.6 is 15.9 Å². The molecule has 1 N–H and O–H groups in total. The van der Waals surface area contributed by atoms with Crippen LogP contribution in [-0.4, -0.2) is 6.54 Å². The summed E-state index contributed by atoms with van der Waals surface area (Å²) < 4.78 is 26.2. The van der Waals surface area contributed by atoms with E-state index >= 15 is 0 Å². The summed E-state index contributed by atoms with van der Waals surface area (Å²) >= 11 is 3.21. The number of nitrogens with one attached hydrogen (secondary N) is 1. The number of hydrogen-bond acceptors (Lipinski definition) is 1. The van der Waals surface area contributed by atoms with Gasteiger partial charge in [0.1, 0.15) is 0 Å². The highest BCUT2D eigenvalue weighted by atomic mass is 79.9. The SMILES string of the molecule is Fc1cc(Br)c([C@H]2CCN2)cc1F. The molecule has 0 unspecified atom stereocenters. The molecular weight excluding hydrogens is 240 g/mol. The van der Waals surface area contributed by atoms with Crippen LogP contribution in [0.25, 0.3) is 0 Å². The molecule has 13 heavy (non-hydrogen) atoms. The van der Waals surface area contributed by atoms with Crippen molar-refractivity contribution in [3.63, 3.8) is 0 Å². The Labute approximate surface area is 83.3 Å². The van der Waals surface area contributed by atoms with Crippen LogP contribution in [0.2, 0.25) is 0 Å². The zero-order valence-electron chi connectivity index (χ0n) is 6.78. The molecule has 1 aliphatic heterocycles. The third-order valence-electron chi connectivity index (χ3n) is 2.24. The van der Waals surface area contributed by atoms with Crippen molar-refractivity contribution in [2.24, 2.45) is 0 Å². The van der Waals surface area contributed by atoms with Gasteiger partial charge in [0.05, 0.1) is 0 Å². The van der Waals surface area contributed by atoms with E-state index in [0.29, 0.717) is 4.47 Å². The minimum Gasteiger partial charge on any atom is -0.310 e. The number of hydrogen-bond donors (Lipinski definition) is 1. The molecule has 1 atom stereocenters. The third-order valence-corrected chi connectivity index (χ3v) is 2.93. The lowest BCUT2D eigenvalue weighted by atomic mass is 9.98. The maximum absolute atomic E-state index is 12.9. The van der Waals surface area contributed by atoms with Gasteiger partial charge in [-0.05, 0) is 30.7 Å². The molecule has 1 nitrogen and oxygen atoms in total. The van der Waals surface area contributed by atoms with Crippen molar-refractivity contribution in [2.45, 2.75) is 12.5 Å². The number of halogens is 3.